The Kier molecular flexibility index (Phi) is 5.92. The van der Waals surface area contributed by atoms with E-state index in [1.165, 1.54) is 18.8 Å². The lowest BCUT2D eigenvalue weighted by Gasteiger charge is -2.04. The molecule has 0 aliphatic heterocycles. The van der Waals surface area contributed by atoms with Crippen LogP contribution in [0.25, 0.3) is 0 Å². The van der Waals surface area contributed by atoms with E-state index in [0.717, 1.165) is 0 Å². The largest absolute Gasteiger partial charge is 0.358 e. The summed E-state index contributed by atoms with van der Waals surface area (Å²) in [5.74, 6) is -0.271. The van der Waals surface area contributed by atoms with Crippen LogP contribution in [-0.4, -0.2) is 45.9 Å². The topological polar surface area (TPSA) is 88.9 Å². The van der Waals surface area contributed by atoms with E-state index in [1.54, 1.807) is 17.0 Å². The molecule has 0 saturated heterocycles. The molecule has 0 aliphatic carbocycles. The van der Waals surface area contributed by atoms with Crippen LogP contribution in [0.2, 0.25) is 0 Å². The summed E-state index contributed by atoms with van der Waals surface area (Å²) in [5, 5.41) is 13.2. The van der Waals surface area contributed by atoms with Gasteiger partial charge in [-0.1, -0.05) is 17.8 Å². The summed E-state index contributed by atoms with van der Waals surface area (Å²) >= 11 is 1.26. The van der Waals surface area contributed by atoms with Gasteiger partial charge in [-0.05, 0) is 0 Å². The molecule has 1 rings (SSSR count). The van der Waals surface area contributed by atoms with E-state index in [4.69, 9.17) is 0 Å². The summed E-state index contributed by atoms with van der Waals surface area (Å²) in [4.78, 5) is 22.4. The van der Waals surface area contributed by atoms with Gasteiger partial charge in [0.25, 0.3) is 0 Å². The number of nitrogens with one attached hydrogen (secondary N) is 2. The van der Waals surface area contributed by atoms with Crippen LogP contribution < -0.4 is 10.6 Å². The Bertz CT molecular complexity index is 432. The second-order valence-corrected chi connectivity index (χ2v) is 4.24. The first-order valence-electron chi connectivity index (χ1n) is 5.26. The number of carbonyl (C=O) groups excluding carboxylic acids is 2. The van der Waals surface area contributed by atoms with Crippen molar-refractivity contribution in [3.63, 3.8) is 0 Å². The van der Waals surface area contributed by atoms with Crippen molar-refractivity contribution in [2.75, 3.05) is 19.3 Å². The van der Waals surface area contributed by atoms with Gasteiger partial charge in [-0.2, -0.15) is 0 Å². The minimum Gasteiger partial charge on any atom is -0.358 e. The average Bonchev–Trinajstić information content (AvgIpc) is 2.81. The zero-order valence-corrected chi connectivity index (χ0v) is 10.9. The minimum atomic E-state index is -0.233. The quantitative estimate of drug-likeness (QED) is 0.510. The zero-order chi connectivity index (χ0) is 13.4. The van der Waals surface area contributed by atoms with Crippen molar-refractivity contribution in [2.45, 2.75) is 11.7 Å². The molecular weight excluding hydrogens is 254 g/mol. The Morgan fingerprint density at radius 3 is 3.00 bits per heavy atom. The summed E-state index contributed by atoms with van der Waals surface area (Å²) in [7, 11) is 1.51. The minimum absolute atomic E-state index is 0.0186. The van der Waals surface area contributed by atoms with Gasteiger partial charge in [0.1, 0.15) is 6.33 Å². The molecule has 2 amide bonds. The number of rotatable bonds is 7. The number of likely N-dealkylation sites (N-methyl/N-ethyl adjacent to an activating group) is 1. The maximum absolute atomic E-state index is 11.4. The number of hydrogen-bond acceptors (Lipinski definition) is 5. The van der Waals surface area contributed by atoms with E-state index < -0.39 is 0 Å². The molecule has 0 bridgehead atoms. The molecule has 1 heterocycles. The van der Waals surface area contributed by atoms with E-state index >= 15 is 0 Å². The summed E-state index contributed by atoms with van der Waals surface area (Å²) in [5.41, 5.74) is 0. The maximum atomic E-state index is 11.4. The van der Waals surface area contributed by atoms with E-state index in [1.807, 2.05) is 0 Å². The van der Waals surface area contributed by atoms with Crippen molar-refractivity contribution in [3.8, 4) is 0 Å². The summed E-state index contributed by atoms with van der Waals surface area (Å²) in [6.07, 6.45) is 3.30. The van der Waals surface area contributed by atoms with Crippen molar-refractivity contribution >= 4 is 23.6 Å². The van der Waals surface area contributed by atoms with E-state index in [0.29, 0.717) is 11.7 Å². The van der Waals surface area contributed by atoms with Gasteiger partial charge in [0, 0.05) is 13.6 Å². The lowest BCUT2D eigenvalue weighted by Crippen LogP contribution is -2.36. The highest BCUT2D eigenvalue weighted by Gasteiger charge is 2.08. The molecule has 0 unspecified atom stereocenters. The van der Waals surface area contributed by atoms with Crippen LogP contribution in [0.4, 0.5) is 0 Å². The number of nitrogens with zero attached hydrogens (tertiary/aromatic N) is 3. The molecular formula is C10H15N5O2S. The van der Waals surface area contributed by atoms with Crippen LogP contribution in [0.15, 0.2) is 24.1 Å². The van der Waals surface area contributed by atoms with Crippen molar-refractivity contribution in [3.05, 3.63) is 19.0 Å². The van der Waals surface area contributed by atoms with Gasteiger partial charge < -0.3 is 15.2 Å². The van der Waals surface area contributed by atoms with Crippen molar-refractivity contribution in [1.29, 1.82) is 0 Å². The lowest BCUT2D eigenvalue weighted by molar-refractivity contribution is -0.124. The van der Waals surface area contributed by atoms with Crippen LogP contribution in [0.5, 0.6) is 0 Å². The molecule has 7 nitrogen and oxygen atoms in total. The molecule has 1 aromatic heterocycles. The molecule has 2 N–H and O–H groups in total. The van der Waals surface area contributed by atoms with Gasteiger partial charge in [0.05, 0.1) is 12.3 Å². The molecule has 98 valence electrons. The van der Waals surface area contributed by atoms with Crippen LogP contribution in [0.3, 0.4) is 0 Å². The summed E-state index contributed by atoms with van der Waals surface area (Å²) in [6, 6.07) is 0. The Morgan fingerprint density at radius 1 is 1.56 bits per heavy atom. The molecule has 18 heavy (non-hydrogen) atoms. The first kappa shape index (κ1) is 14.2. The van der Waals surface area contributed by atoms with Gasteiger partial charge in [0.2, 0.25) is 11.8 Å². The summed E-state index contributed by atoms with van der Waals surface area (Å²) in [6.45, 7) is 4.19. The molecule has 0 fully saturated rings. The standard InChI is InChI=1S/C10H15N5O2S/c1-3-4-15-7-13-14-10(15)18-6-9(17)12-5-8(16)11-2/h3,7H,1,4-6H2,2H3,(H,11,16)(H,12,17). The van der Waals surface area contributed by atoms with Crippen molar-refractivity contribution < 1.29 is 9.59 Å². The smallest absolute Gasteiger partial charge is 0.239 e. The molecule has 8 heteroatoms. The Hall–Kier alpha value is -1.83. The highest BCUT2D eigenvalue weighted by atomic mass is 32.2. The normalized spacial score (nSPS) is 9.83. The molecule has 0 aromatic carbocycles. The van der Waals surface area contributed by atoms with Gasteiger partial charge >= 0.3 is 0 Å². The van der Waals surface area contributed by atoms with Crippen LogP contribution in [-0.2, 0) is 16.1 Å². The Balaban J connectivity index is 2.35. The molecule has 1 aromatic rings. The number of thioether (sulfide) groups is 1. The fourth-order valence-electron chi connectivity index (χ4n) is 1.07. The predicted molar refractivity (Wildman–Crippen MR) is 68.0 cm³/mol. The number of aromatic nitrogens is 3. The lowest BCUT2D eigenvalue weighted by atomic mass is 10.5. The molecule has 0 radical (unpaired) electrons. The first-order chi connectivity index (χ1) is 8.67. The third kappa shape index (κ3) is 4.58. The third-order valence-corrected chi connectivity index (χ3v) is 2.94. The zero-order valence-electron chi connectivity index (χ0n) is 10.0. The molecule has 0 atom stereocenters. The molecule has 0 spiro atoms. The molecule has 0 saturated carbocycles. The maximum Gasteiger partial charge on any atom is 0.239 e. The third-order valence-electron chi connectivity index (χ3n) is 1.96. The second-order valence-electron chi connectivity index (χ2n) is 3.29. The Labute approximate surface area is 109 Å². The van der Waals surface area contributed by atoms with Crippen molar-refractivity contribution in [1.82, 2.24) is 25.4 Å². The average molecular weight is 269 g/mol. The second kappa shape index (κ2) is 7.49. The SMILES string of the molecule is C=CCn1cnnc1SCC(=O)NCC(=O)NC. The van der Waals surface area contributed by atoms with Crippen molar-refractivity contribution in [2.24, 2.45) is 0 Å². The fraction of sp³-hybridized carbons (Fsp3) is 0.400. The number of carbonyl (C=O) groups is 2. The van der Waals surface area contributed by atoms with Crippen LogP contribution in [0.1, 0.15) is 0 Å². The first-order valence-corrected chi connectivity index (χ1v) is 6.24. The van der Waals surface area contributed by atoms with E-state index in [9.17, 15) is 9.59 Å². The number of hydrogen-bond donors (Lipinski definition) is 2. The van der Waals surface area contributed by atoms with Crippen LogP contribution in [0, 0.1) is 0 Å². The highest BCUT2D eigenvalue weighted by Crippen LogP contribution is 2.13. The highest BCUT2D eigenvalue weighted by molar-refractivity contribution is 7.99. The summed E-state index contributed by atoms with van der Waals surface area (Å²) < 4.78 is 1.78. The van der Waals surface area contributed by atoms with Gasteiger partial charge in [-0.3, -0.25) is 9.59 Å². The number of amides is 2. The van der Waals surface area contributed by atoms with Gasteiger partial charge in [-0.15, -0.1) is 16.8 Å². The van der Waals surface area contributed by atoms with Crippen LogP contribution >= 0.6 is 11.8 Å². The fourth-order valence-corrected chi connectivity index (χ4v) is 1.82. The van der Waals surface area contributed by atoms with E-state index in [-0.39, 0.29) is 24.1 Å². The number of allylic oxidation sites excluding steroid dienone is 1. The van der Waals surface area contributed by atoms with E-state index in [2.05, 4.69) is 27.4 Å². The van der Waals surface area contributed by atoms with Gasteiger partial charge in [-0.25, -0.2) is 0 Å². The predicted octanol–water partition coefficient (Wildman–Crippen LogP) is -0.582. The Morgan fingerprint density at radius 2 is 2.33 bits per heavy atom. The molecule has 0 aliphatic rings. The van der Waals surface area contributed by atoms with Gasteiger partial charge in [0.15, 0.2) is 5.16 Å². The monoisotopic (exact) mass is 269 g/mol.